The molecule has 2 atom stereocenters. The quantitative estimate of drug-likeness (QED) is 0.684. The molecule has 14 heavy (non-hydrogen) atoms. The van der Waals surface area contributed by atoms with E-state index in [1.807, 2.05) is 7.05 Å². The van der Waals surface area contributed by atoms with Crippen LogP contribution in [0, 0.1) is 5.92 Å². The number of hydrogen-bond donors (Lipinski definition) is 1. The highest BCUT2D eigenvalue weighted by Gasteiger charge is 2.29. The average molecular weight is 201 g/mol. The Labute approximate surface area is 89.4 Å². The van der Waals surface area contributed by atoms with Crippen molar-refractivity contribution in [2.24, 2.45) is 5.92 Å². The van der Waals surface area contributed by atoms with Crippen molar-refractivity contribution in [2.75, 3.05) is 13.7 Å². The molecule has 86 valence electrons. The first-order chi connectivity index (χ1) is 6.47. The topological polar surface area (TPSA) is 21.3 Å². The standard InChI is InChI=1S/C12H27NO/c1-7-10(3)9-11(13-6)12(4,5)14-8-2/h10-11,13H,7-9H2,1-6H3. The molecule has 0 rings (SSSR count). The van der Waals surface area contributed by atoms with Crippen LogP contribution in [0.3, 0.4) is 0 Å². The summed E-state index contributed by atoms with van der Waals surface area (Å²) in [4.78, 5) is 0. The van der Waals surface area contributed by atoms with Gasteiger partial charge in [0, 0.05) is 12.6 Å². The van der Waals surface area contributed by atoms with Crippen molar-refractivity contribution in [3.63, 3.8) is 0 Å². The van der Waals surface area contributed by atoms with Crippen molar-refractivity contribution >= 4 is 0 Å². The van der Waals surface area contributed by atoms with E-state index in [1.54, 1.807) is 0 Å². The van der Waals surface area contributed by atoms with E-state index in [0.717, 1.165) is 12.5 Å². The van der Waals surface area contributed by atoms with E-state index in [2.05, 4.69) is 39.9 Å². The minimum Gasteiger partial charge on any atom is -0.374 e. The summed E-state index contributed by atoms with van der Waals surface area (Å²) < 4.78 is 5.77. The summed E-state index contributed by atoms with van der Waals surface area (Å²) in [6.07, 6.45) is 2.42. The Hall–Kier alpha value is -0.0800. The van der Waals surface area contributed by atoms with E-state index in [1.165, 1.54) is 12.8 Å². The Balaban J connectivity index is 4.23. The fourth-order valence-electron chi connectivity index (χ4n) is 1.79. The Kier molecular flexibility index (Phi) is 6.38. The SMILES string of the molecule is CCOC(C)(C)C(CC(C)CC)NC. The molecule has 2 unspecified atom stereocenters. The fraction of sp³-hybridized carbons (Fsp3) is 1.00. The van der Waals surface area contributed by atoms with Crippen molar-refractivity contribution < 1.29 is 4.74 Å². The van der Waals surface area contributed by atoms with Crippen LogP contribution in [0.5, 0.6) is 0 Å². The summed E-state index contributed by atoms with van der Waals surface area (Å²) in [7, 11) is 2.02. The summed E-state index contributed by atoms with van der Waals surface area (Å²) >= 11 is 0. The van der Waals surface area contributed by atoms with Crippen molar-refractivity contribution in [2.45, 2.75) is 59.1 Å². The Morgan fingerprint density at radius 3 is 2.21 bits per heavy atom. The smallest absolute Gasteiger partial charge is 0.0778 e. The van der Waals surface area contributed by atoms with E-state index in [4.69, 9.17) is 4.74 Å². The molecule has 1 N–H and O–H groups in total. The van der Waals surface area contributed by atoms with Crippen LogP contribution in [0.2, 0.25) is 0 Å². The van der Waals surface area contributed by atoms with Gasteiger partial charge in [-0.3, -0.25) is 0 Å². The second-order valence-electron chi connectivity index (χ2n) is 4.63. The van der Waals surface area contributed by atoms with Crippen LogP contribution >= 0.6 is 0 Å². The van der Waals surface area contributed by atoms with Crippen molar-refractivity contribution in [1.29, 1.82) is 0 Å². The summed E-state index contributed by atoms with van der Waals surface area (Å²) in [5, 5.41) is 3.37. The van der Waals surface area contributed by atoms with Crippen LogP contribution in [-0.4, -0.2) is 25.3 Å². The Morgan fingerprint density at radius 2 is 1.86 bits per heavy atom. The highest BCUT2D eigenvalue weighted by Crippen LogP contribution is 2.22. The van der Waals surface area contributed by atoms with Gasteiger partial charge in [-0.1, -0.05) is 20.3 Å². The molecule has 0 aromatic rings. The van der Waals surface area contributed by atoms with Gasteiger partial charge in [-0.2, -0.15) is 0 Å². The van der Waals surface area contributed by atoms with E-state index in [9.17, 15) is 0 Å². The molecule has 0 amide bonds. The van der Waals surface area contributed by atoms with Crippen molar-refractivity contribution in [3.05, 3.63) is 0 Å². The van der Waals surface area contributed by atoms with E-state index in [-0.39, 0.29) is 5.60 Å². The maximum absolute atomic E-state index is 5.77. The van der Waals surface area contributed by atoms with Crippen LogP contribution in [-0.2, 0) is 4.74 Å². The highest BCUT2D eigenvalue weighted by atomic mass is 16.5. The molecule has 2 heteroatoms. The van der Waals surface area contributed by atoms with Gasteiger partial charge < -0.3 is 10.1 Å². The van der Waals surface area contributed by atoms with Gasteiger partial charge in [-0.25, -0.2) is 0 Å². The Morgan fingerprint density at radius 1 is 1.29 bits per heavy atom. The van der Waals surface area contributed by atoms with Gasteiger partial charge in [0.05, 0.1) is 5.60 Å². The lowest BCUT2D eigenvalue weighted by Crippen LogP contribution is -2.48. The predicted octanol–water partition coefficient (Wildman–Crippen LogP) is 2.83. The van der Waals surface area contributed by atoms with Gasteiger partial charge in [0.25, 0.3) is 0 Å². The van der Waals surface area contributed by atoms with Crippen LogP contribution < -0.4 is 5.32 Å². The first-order valence-corrected chi connectivity index (χ1v) is 5.79. The zero-order valence-corrected chi connectivity index (χ0v) is 10.7. The summed E-state index contributed by atoms with van der Waals surface area (Å²) in [5.41, 5.74) is -0.0626. The molecule has 0 aliphatic carbocycles. The highest BCUT2D eigenvalue weighted by molar-refractivity contribution is 4.85. The molecular formula is C12H27NO. The predicted molar refractivity (Wildman–Crippen MR) is 62.6 cm³/mol. The average Bonchev–Trinajstić information content (AvgIpc) is 2.13. The molecule has 0 spiro atoms. The van der Waals surface area contributed by atoms with Crippen LogP contribution in [0.1, 0.15) is 47.5 Å². The molecule has 0 aromatic carbocycles. The second-order valence-corrected chi connectivity index (χ2v) is 4.63. The normalized spacial score (nSPS) is 16.7. The lowest BCUT2D eigenvalue weighted by atomic mass is 9.89. The summed E-state index contributed by atoms with van der Waals surface area (Å²) in [6, 6.07) is 0.442. The number of ether oxygens (including phenoxy) is 1. The molecule has 2 nitrogen and oxygen atoms in total. The monoisotopic (exact) mass is 201 g/mol. The van der Waals surface area contributed by atoms with Gasteiger partial charge in [-0.15, -0.1) is 0 Å². The number of likely N-dealkylation sites (N-methyl/N-ethyl adjacent to an activating group) is 1. The zero-order valence-electron chi connectivity index (χ0n) is 10.7. The lowest BCUT2D eigenvalue weighted by molar-refractivity contribution is -0.0415. The lowest BCUT2D eigenvalue weighted by Gasteiger charge is -2.35. The van der Waals surface area contributed by atoms with Gasteiger partial charge in [0.15, 0.2) is 0 Å². The third-order valence-corrected chi connectivity index (χ3v) is 3.04. The third-order valence-electron chi connectivity index (χ3n) is 3.04. The number of nitrogens with one attached hydrogen (secondary N) is 1. The maximum atomic E-state index is 5.77. The molecular weight excluding hydrogens is 174 g/mol. The first kappa shape index (κ1) is 13.9. The number of rotatable bonds is 7. The van der Waals surface area contributed by atoms with E-state index < -0.39 is 0 Å². The van der Waals surface area contributed by atoms with Gasteiger partial charge >= 0.3 is 0 Å². The largest absolute Gasteiger partial charge is 0.374 e. The molecule has 0 heterocycles. The van der Waals surface area contributed by atoms with Crippen LogP contribution in [0.15, 0.2) is 0 Å². The second kappa shape index (κ2) is 6.41. The molecule has 0 fully saturated rings. The third kappa shape index (κ3) is 4.43. The molecule has 0 aromatic heterocycles. The Bertz CT molecular complexity index is 145. The maximum Gasteiger partial charge on any atom is 0.0778 e. The first-order valence-electron chi connectivity index (χ1n) is 5.79. The fourth-order valence-corrected chi connectivity index (χ4v) is 1.79. The molecule has 0 saturated carbocycles. The summed E-state index contributed by atoms with van der Waals surface area (Å²) in [5.74, 6) is 0.757. The molecule has 0 radical (unpaired) electrons. The zero-order chi connectivity index (χ0) is 11.2. The molecule has 0 aliphatic heterocycles. The van der Waals surface area contributed by atoms with E-state index >= 15 is 0 Å². The van der Waals surface area contributed by atoms with Crippen LogP contribution in [0.25, 0.3) is 0 Å². The van der Waals surface area contributed by atoms with Crippen LogP contribution in [0.4, 0.5) is 0 Å². The van der Waals surface area contributed by atoms with Crippen molar-refractivity contribution in [3.8, 4) is 0 Å². The number of hydrogen-bond acceptors (Lipinski definition) is 2. The minimum absolute atomic E-state index is 0.0626. The molecule has 0 saturated heterocycles. The van der Waals surface area contributed by atoms with Gasteiger partial charge in [-0.05, 0) is 40.2 Å². The van der Waals surface area contributed by atoms with Gasteiger partial charge in [0.1, 0.15) is 0 Å². The van der Waals surface area contributed by atoms with Gasteiger partial charge in [0.2, 0.25) is 0 Å². The summed E-state index contributed by atoms with van der Waals surface area (Å²) in [6.45, 7) is 11.7. The minimum atomic E-state index is -0.0626. The van der Waals surface area contributed by atoms with E-state index in [0.29, 0.717) is 6.04 Å². The molecule has 0 aliphatic rings. The molecule has 0 bridgehead atoms. The van der Waals surface area contributed by atoms with Crippen molar-refractivity contribution in [1.82, 2.24) is 5.32 Å².